The zero-order valence-electron chi connectivity index (χ0n) is 26.8. The van der Waals surface area contributed by atoms with Gasteiger partial charge in [-0.25, -0.2) is 0 Å². The first kappa shape index (κ1) is 27.7. The van der Waals surface area contributed by atoms with E-state index < -0.39 is 5.41 Å². The maximum Gasteiger partial charge on any atom is 0.137 e. The van der Waals surface area contributed by atoms with Crippen LogP contribution in [0.4, 0.5) is 17.1 Å². The van der Waals surface area contributed by atoms with Crippen molar-refractivity contribution in [3.05, 3.63) is 210 Å². The summed E-state index contributed by atoms with van der Waals surface area (Å²) in [6.07, 6.45) is 0. The molecule has 2 nitrogen and oxygen atoms in total. The van der Waals surface area contributed by atoms with E-state index in [2.05, 4.69) is 187 Å². The predicted octanol–water partition coefficient (Wildman–Crippen LogP) is 12.6. The molecule has 0 N–H and O–H groups in total. The van der Waals surface area contributed by atoms with Crippen LogP contribution in [0, 0.1) is 0 Å². The van der Waals surface area contributed by atoms with E-state index in [9.17, 15) is 0 Å². The van der Waals surface area contributed by atoms with Crippen LogP contribution in [0.1, 0.15) is 22.3 Å². The third-order valence-corrected chi connectivity index (χ3v) is 10.3. The molecule has 10 rings (SSSR count). The van der Waals surface area contributed by atoms with Crippen molar-refractivity contribution in [1.82, 2.24) is 0 Å². The minimum absolute atomic E-state index is 0.524. The summed E-state index contributed by atoms with van der Waals surface area (Å²) in [6.45, 7) is 0. The van der Waals surface area contributed by atoms with Crippen molar-refractivity contribution in [2.45, 2.75) is 5.41 Å². The summed E-state index contributed by atoms with van der Waals surface area (Å²) in [5, 5.41) is 4.74. The van der Waals surface area contributed by atoms with Gasteiger partial charge in [-0.15, -0.1) is 0 Å². The summed E-state index contributed by atoms with van der Waals surface area (Å²) >= 11 is 0. The highest BCUT2D eigenvalue weighted by Gasteiger charge is 2.47. The van der Waals surface area contributed by atoms with Crippen LogP contribution in [0.3, 0.4) is 0 Å². The van der Waals surface area contributed by atoms with Crippen molar-refractivity contribution in [2.24, 2.45) is 0 Å². The van der Waals surface area contributed by atoms with Crippen LogP contribution in [0.25, 0.3) is 43.8 Å². The molecule has 9 aromatic rings. The standard InChI is InChI=1S/C47H31NO/c1-4-16-33(17-5-1)47(34-18-6-2-7-19-34)40-30-27-32-15-10-11-22-37(32)45(40)38-29-28-36(31-41(38)47)48(35-20-8-3-9-21-35)42-24-14-26-44-46(42)39-23-12-13-25-43(39)49-44/h1-31H. The third kappa shape index (κ3) is 4.01. The molecule has 0 bridgehead atoms. The van der Waals surface area contributed by atoms with Crippen molar-refractivity contribution >= 4 is 49.8 Å². The van der Waals surface area contributed by atoms with Gasteiger partial charge in [0.15, 0.2) is 0 Å². The molecule has 0 saturated carbocycles. The van der Waals surface area contributed by atoms with Gasteiger partial charge in [-0.1, -0.05) is 146 Å². The zero-order chi connectivity index (χ0) is 32.4. The second-order valence-corrected chi connectivity index (χ2v) is 12.8. The van der Waals surface area contributed by atoms with E-state index in [1.165, 1.54) is 44.2 Å². The number of nitrogens with zero attached hydrogens (tertiary/aromatic N) is 1. The van der Waals surface area contributed by atoms with E-state index in [0.717, 1.165) is 39.0 Å². The first-order valence-corrected chi connectivity index (χ1v) is 16.9. The summed E-state index contributed by atoms with van der Waals surface area (Å²) < 4.78 is 6.39. The number of hydrogen-bond acceptors (Lipinski definition) is 2. The van der Waals surface area contributed by atoms with Crippen LogP contribution in [0.15, 0.2) is 192 Å². The normalized spacial score (nSPS) is 13.1. The van der Waals surface area contributed by atoms with Crippen molar-refractivity contribution in [1.29, 1.82) is 0 Å². The summed E-state index contributed by atoms with van der Waals surface area (Å²) in [5.41, 5.74) is 12.2. The Hall–Kier alpha value is -6.38. The number of fused-ring (bicyclic) bond motifs is 8. The minimum atomic E-state index is -0.524. The molecule has 230 valence electrons. The smallest absolute Gasteiger partial charge is 0.137 e. The molecule has 0 spiro atoms. The quantitative estimate of drug-likeness (QED) is 0.189. The zero-order valence-corrected chi connectivity index (χ0v) is 26.8. The monoisotopic (exact) mass is 625 g/mol. The molecule has 0 unspecified atom stereocenters. The lowest BCUT2D eigenvalue weighted by atomic mass is 9.67. The van der Waals surface area contributed by atoms with Gasteiger partial charge in [0.2, 0.25) is 0 Å². The Kier molecular flexibility index (Phi) is 6.13. The predicted molar refractivity (Wildman–Crippen MR) is 203 cm³/mol. The van der Waals surface area contributed by atoms with Gasteiger partial charge in [0.05, 0.1) is 16.5 Å². The van der Waals surface area contributed by atoms with Crippen molar-refractivity contribution in [3.8, 4) is 11.1 Å². The number of hydrogen-bond donors (Lipinski definition) is 0. The average Bonchev–Trinajstić information content (AvgIpc) is 3.70. The Bertz CT molecular complexity index is 2620. The number of benzene rings is 8. The largest absolute Gasteiger partial charge is 0.456 e. The molecule has 0 amide bonds. The Balaban J connectivity index is 1.32. The lowest BCUT2D eigenvalue weighted by Gasteiger charge is -2.35. The molecule has 1 aliphatic rings. The van der Waals surface area contributed by atoms with Crippen LogP contribution in [-0.4, -0.2) is 0 Å². The lowest BCUT2D eigenvalue weighted by Crippen LogP contribution is -2.28. The van der Waals surface area contributed by atoms with Crippen molar-refractivity contribution in [2.75, 3.05) is 4.90 Å². The Morgan fingerprint density at radius 2 is 1.06 bits per heavy atom. The van der Waals surface area contributed by atoms with Crippen LogP contribution < -0.4 is 4.90 Å². The van der Waals surface area contributed by atoms with Gasteiger partial charge in [-0.3, -0.25) is 0 Å². The topological polar surface area (TPSA) is 16.4 Å². The summed E-state index contributed by atoms with van der Waals surface area (Å²) in [4.78, 5) is 2.40. The average molecular weight is 626 g/mol. The summed E-state index contributed by atoms with van der Waals surface area (Å²) in [7, 11) is 0. The van der Waals surface area contributed by atoms with Crippen LogP contribution in [0.2, 0.25) is 0 Å². The van der Waals surface area contributed by atoms with E-state index in [1.54, 1.807) is 0 Å². The van der Waals surface area contributed by atoms with Crippen LogP contribution in [0.5, 0.6) is 0 Å². The van der Waals surface area contributed by atoms with Crippen molar-refractivity contribution < 1.29 is 4.42 Å². The summed E-state index contributed by atoms with van der Waals surface area (Å²) in [6, 6.07) is 68.0. The Morgan fingerprint density at radius 3 is 1.82 bits per heavy atom. The molecular formula is C47H31NO. The molecule has 49 heavy (non-hydrogen) atoms. The molecule has 0 fully saturated rings. The highest BCUT2D eigenvalue weighted by molar-refractivity contribution is 6.13. The van der Waals surface area contributed by atoms with Gasteiger partial charge < -0.3 is 9.32 Å². The molecule has 0 radical (unpaired) electrons. The lowest BCUT2D eigenvalue weighted by molar-refractivity contribution is 0.669. The molecule has 0 aliphatic heterocycles. The molecule has 1 heterocycles. The van der Waals surface area contributed by atoms with E-state index in [1.807, 2.05) is 6.07 Å². The van der Waals surface area contributed by atoms with Crippen LogP contribution >= 0.6 is 0 Å². The molecule has 0 atom stereocenters. The molecule has 2 heteroatoms. The fourth-order valence-corrected chi connectivity index (χ4v) is 8.33. The van der Waals surface area contributed by atoms with Crippen LogP contribution in [-0.2, 0) is 5.41 Å². The third-order valence-electron chi connectivity index (χ3n) is 10.3. The Labute approximate surface area is 285 Å². The van der Waals surface area contributed by atoms with Gasteiger partial charge in [-0.2, -0.15) is 0 Å². The van der Waals surface area contributed by atoms with Gasteiger partial charge in [0.1, 0.15) is 11.2 Å². The van der Waals surface area contributed by atoms with Crippen molar-refractivity contribution in [3.63, 3.8) is 0 Å². The van der Waals surface area contributed by atoms with Gasteiger partial charge in [0.25, 0.3) is 0 Å². The Morgan fingerprint density at radius 1 is 0.429 bits per heavy atom. The molecule has 1 aliphatic carbocycles. The minimum Gasteiger partial charge on any atom is -0.456 e. The fourth-order valence-electron chi connectivity index (χ4n) is 8.33. The SMILES string of the molecule is c1ccc(N(c2ccc3c(c2)C(c2ccccc2)(c2ccccc2)c2ccc4ccccc4c2-3)c2cccc3oc4ccccc4c23)cc1. The molecular weight excluding hydrogens is 595 g/mol. The molecule has 8 aromatic carbocycles. The van der Waals surface area contributed by atoms with E-state index in [-0.39, 0.29) is 0 Å². The molecule has 1 aromatic heterocycles. The maximum atomic E-state index is 6.39. The highest BCUT2D eigenvalue weighted by Crippen LogP contribution is 2.59. The van der Waals surface area contributed by atoms with E-state index in [4.69, 9.17) is 4.42 Å². The number of para-hydroxylation sites is 2. The number of anilines is 3. The second kappa shape index (κ2) is 10.8. The first-order chi connectivity index (χ1) is 24.3. The van der Waals surface area contributed by atoms with E-state index in [0.29, 0.717) is 0 Å². The molecule has 0 saturated heterocycles. The first-order valence-electron chi connectivity index (χ1n) is 16.9. The second-order valence-electron chi connectivity index (χ2n) is 12.8. The highest BCUT2D eigenvalue weighted by atomic mass is 16.3. The fraction of sp³-hybridized carbons (Fsp3) is 0.0213. The number of rotatable bonds is 5. The number of furan rings is 1. The summed E-state index contributed by atoms with van der Waals surface area (Å²) in [5.74, 6) is 0. The van der Waals surface area contributed by atoms with E-state index >= 15 is 0 Å². The van der Waals surface area contributed by atoms with Gasteiger partial charge in [-0.05, 0) is 86.6 Å². The maximum absolute atomic E-state index is 6.39. The van der Waals surface area contributed by atoms with Gasteiger partial charge in [0, 0.05) is 16.8 Å². The van der Waals surface area contributed by atoms with Gasteiger partial charge >= 0.3 is 0 Å².